The van der Waals surface area contributed by atoms with E-state index in [1.165, 1.54) is 0 Å². The monoisotopic (exact) mass is 102 g/mol. The van der Waals surface area contributed by atoms with Gasteiger partial charge in [-0.1, -0.05) is 12.1 Å². The number of rotatable bonds is 4. The fraction of sp³-hybridized carbons (Fsp3) is 1.00. The Balaban J connectivity index is 2.56. The Morgan fingerprint density at radius 3 is 2.86 bits per heavy atom. The van der Waals surface area contributed by atoms with Gasteiger partial charge in [0.25, 0.3) is 0 Å². The zero-order chi connectivity index (χ0) is 5.54. The maximum atomic E-state index is 9.39. The summed E-state index contributed by atoms with van der Waals surface area (Å²) in [6.07, 6.45) is 0. The van der Waals surface area contributed by atoms with Crippen molar-refractivity contribution in [3.05, 3.63) is 4.91 Å². The van der Waals surface area contributed by atoms with Crippen molar-refractivity contribution in [2.75, 3.05) is 19.6 Å². The number of hydrogen-bond acceptors (Lipinski definition) is 3. The van der Waals surface area contributed by atoms with Gasteiger partial charge < -0.3 is 5.32 Å². The van der Waals surface area contributed by atoms with Gasteiger partial charge in [-0.2, -0.15) is 4.91 Å². The Bertz CT molecular complexity index is 47.0. The molecule has 0 saturated carbocycles. The van der Waals surface area contributed by atoms with Gasteiger partial charge in [0.15, 0.2) is 0 Å². The molecule has 1 N–H and O–H groups in total. The van der Waals surface area contributed by atoms with Gasteiger partial charge >= 0.3 is 0 Å². The van der Waals surface area contributed by atoms with Gasteiger partial charge in [0.1, 0.15) is 0 Å². The molecule has 0 rings (SSSR count). The van der Waals surface area contributed by atoms with Crippen LogP contribution in [0.1, 0.15) is 6.92 Å². The van der Waals surface area contributed by atoms with Crippen LogP contribution >= 0.6 is 0 Å². The van der Waals surface area contributed by atoms with Crippen molar-refractivity contribution in [3.8, 4) is 0 Å². The molecule has 3 nitrogen and oxygen atoms in total. The van der Waals surface area contributed by atoms with Crippen LogP contribution in [-0.2, 0) is 0 Å². The summed E-state index contributed by atoms with van der Waals surface area (Å²) in [5.74, 6) is 0. The molecule has 3 heteroatoms. The molecule has 0 aromatic heterocycles. The molecule has 0 unspecified atom stereocenters. The molecule has 0 heterocycles. The number of nitrogens with zero attached hydrogens (tertiary/aromatic N) is 1. The highest BCUT2D eigenvalue weighted by Gasteiger charge is 1.77. The molecule has 0 saturated heterocycles. The van der Waals surface area contributed by atoms with Gasteiger partial charge in [-0.25, -0.2) is 0 Å². The lowest BCUT2D eigenvalue weighted by Crippen LogP contribution is -2.15. The largest absolute Gasteiger partial charge is 0.315 e. The molecule has 0 aliphatic rings. The van der Waals surface area contributed by atoms with E-state index in [1.807, 2.05) is 6.92 Å². The van der Waals surface area contributed by atoms with Crippen LogP contribution in [-0.4, -0.2) is 19.6 Å². The summed E-state index contributed by atoms with van der Waals surface area (Å²) in [7, 11) is 0. The number of likely N-dealkylation sites (N-methyl/N-ethyl adjacent to an activating group) is 1. The molecule has 0 radical (unpaired) electrons. The van der Waals surface area contributed by atoms with E-state index in [0.717, 1.165) is 6.54 Å². The van der Waals surface area contributed by atoms with E-state index < -0.39 is 0 Å². The Morgan fingerprint density at radius 1 is 1.71 bits per heavy atom. The van der Waals surface area contributed by atoms with Crippen molar-refractivity contribution in [1.29, 1.82) is 0 Å². The quantitative estimate of drug-likeness (QED) is 0.411. The second-order valence-corrected chi connectivity index (χ2v) is 1.21. The highest BCUT2D eigenvalue weighted by molar-refractivity contribution is 4.44. The average molecular weight is 102 g/mol. The minimum absolute atomic E-state index is 0.383. The average Bonchev–Trinajstić information content (AvgIpc) is 1.69. The van der Waals surface area contributed by atoms with E-state index in [-0.39, 0.29) is 0 Å². The van der Waals surface area contributed by atoms with Crippen molar-refractivity contribution in [3.63, 3.8) is 0 Å². The van der Waals surface area contributed by atoms with Crippen LogP contribution in [0.5, 0.6) is 0 Å². The topological polar surface area (TPSA) is 41.5 Å². The summed E-state index contributed by atoms with van der Waals surface area (Å²) in [4.78, 5) is 9.39. The third-order valence-electron chi connectivity index (χ3n) is 0.630. The zero-order valence-corrected chi connectivity index (χ0v) is 4.48. The van der Waals surface area contributed by atoms with E-state index in [2.05, 4.69) is 10.5 Å². The number of hydrogen-bond donors (Lipinski definition) is 1. The van der Waals surface area contributed by atoms with Gasteiger partial charge in [0, 0.05) is 6.54 Å². The highest BCUT2D eigenvalue weighted by Crippen LogP contribution is 1.61. The van der Waals surface area contributed by atoms with Crippen LogP contribution in [0, 0.1) is 4.91 Å². The van der Waals surface area contributed by atoms with Crippen LogP contribution in [0.3, 0.4) is 0 Å². The SMILES string of the molecule is CCNCCN=O. The Labute approximate surface area is 43.1 Å². The Morgan fingerprint density at radius 2 is 2.43 bits per heavy atom. The molecule has 0 fully saturated rings. The predicted octanol–water partition coefficient (Wildman–Crippen LogP) is 0.362. The lowest BCUT2D eigenvalue weighted by molar-refractivity contribution is 0.724. The normalized spacial score (nSPS) is 8.71. The highest BCUT2D eigenvalue weighted by atomic mass is 16.3. The molecule has 0 aliphatic heterocycles. The first kappa shape index (κ1) is 6.56. The lowest BCUT2D eigenvalue weighted by Gasteiger charge is -1.90. The molecule has 0 amide bonds. The molecule has 42 valence electrons. The fourth-order valence-corrected chi connectivity index (χ4v) is 0.301. The van der Waals surface area contributed by atoms with Crippen molar-refractivity contribution in [2.24, 2.45) is 5.18 Å². The van der Waals surface area contributed by atoms with E-state index in [9.17, 15) is 4.91 Å². The summed E-state index contributed by atoms with van der Waals surface area (Å²) >= 11 is 0. The molecule has 0 bridgehead atoms. The smallest absolute Gasteiger partial charge is 0.0935 e. The molecule has 7 heavy (non-hydrogen) atoms. The van der Waals surface area contributed by atoms with Crippen LogP contribution in [0.15, 0.2) is 5.18 Å². The first-order valence-electron chi connectivity index (χ1n) is 2.41. The van der Waals surface area contributed by atoms with E-state index in [0.29, 0.717) is 13.1 Å². The molecule has 0 spiro atoms. The third-order valence-corrected chi connectivity index (χ3v) is 0.630. The van der Waals surface area contributed by atoms with Crippen LogP contribution in [0.25, 0.3) is 0 Å². The van der Waals surface area contributed by atoms with E-state index in [4.69, 9.17) is 0 Å². The lowest BCUT2D eigenvalue weighted by atomic mass is 10.6. The Hall–Kier alpha value is -0.440. The van der Waals surface area contributed by atoms with Crippen molar-refractivity contribution in [1.82, 2.24) is 5.32 Å². The van der Waals surface area contributed by atoms with Gasteiger partial charge in [-0.05, 0) is 6.54 Å². The maximum Gasteiger partial charge on any atom is 0.0935 e. The fourth-order valence-electron chi connectivity index (χ4n) is 0.301. The van der Waals surface area contributed by atoms with Crippen LogP contribution in [0.2, 0.25) is 0 Å². The van der Waals surface area contributed by atoms with Gasteiger partial charge in [-0.3, -0.25) is 0 Å². The van der Waals surface area contributed by atoms with Gasteiger partial charge in [0.05, 0.1) is 6.54 Å². The first-order valence-corrected chi connectivity index (χ1v) is 2.41. The molecular formula is C4H10N2O. The molecule has 0 aromatic carbocycles. The summed E-state index contributed by atoms with van der Waals surface area (Å²) < 4.78 is 0. The minimum Gasteiger partial charge on any atom is -0.315 e. The van der Waals surface area contributed by atoms with Crippen molar-refractivity contribution in [2.45, 2.75) is 6.92 Å². The van der Waals surface area contributed by atoms with E-state index >= 15 is 0 Å². The second kappa shape index (κ2) is 5.56. The van der Waals surface area contributed by atoms with Crippen molar-refractivity contribution < 1.29 is 0 Å². The Kier molecular flexibility index (Phi) is 5.21. The summed E-state index contributed by atoms with van der Waals surface area (Å²) in [5, 5.41) is 5.62. The number of nitroso groups, excluding NO2 is 1. The summed E-state index contributed by atoms with van der Waals surface area (Å²) in [5.41, 5.74) is 0. The molecular weight excluding hydrogens is 92.1 g/mol. The first-order chi connectivity index (χ1) is 3.41. The predicted molar refractivity (Wildman–Crippen MR) is 29.2 cm³/mol. The van der Waals surface area contributed by atoms with Gasteiger partial charge in [-0.15, -0.1) is 0 Å². The van der Waals surface area contributed by atoms with E-state index in [1.54, 1.807) is 0 Å². The molecule has 0 atom stereocenters. The zero-order valence-electron chi connectivity index (χ0n) is 4.48. The second-order valence-electron chi connectivity index (χ2n) is 1.21. The van der Waals surface area contributed by atoms with Crippen molar-refractivity contribution >= 4 is 0 Å². The summed E-state index contributed by atoms with van der Waals surface area (Å²) in [6.45, 7) is 3.99. The summed E-state index contributed by atoms with van der Waals surface area (Å²) in [6, 6.07) is 0. The van der Waals surface area contributed by atoms with Gasteiger partial charge in [0.2, 0.25) is 0 Å². The number of nitrogens with one attached hydrogen (secondary N) is 1. The minimum atomic E-state index is 0.383. The molecule has 0 aliphatic carbocycles. The van der Waals surface area contributed by atoms with Crippen LogP contribution in [0.4, 0.5) is 0 Å². The maximum absolute atomic E-state index is 9.39. The van der Waals surface area contributed by atoms with Crippen LogP contribution < -0.4 is 5.32 Å². The third kappa shape index (κ3) is 5.56. The standard InChI is InChI=1S/C4H10N2O/c1-2-5-3-4-6-7/h5H,2-4H2,1H3. The molecule has 0 aromatic rings.